The molecule has 0 amide bonds. The van der Waals surface area contributed by atoms with E-state index < -0.39 is 0 Å². The van der Waals surface area contributed by atoms with Crippen molar-refractivity contribution in [3.05, 3.63) is 58.7 Å². The molecule has 1 fully saturated rings. The number of hydrogen-bond acceptors (Lipinski definition) is 3. The summed E-state index contributed by atoms with van der Waals surface area (Å²) >= 11 is 0. The summed E-state index contributed by atoms with van der Waals surface area (Å²) in [5, 5.41) is 19.3. The van der Waals surface area contributed by atoms with Crippen molar-refractivity contribution in [2.75, 3.05) is 13.1 Å². The summed E-state index contributed by atoms with van der Waals surface area (Å²) in [5.74, 6) is 0.459. The van der Waals surface area contributed by atoms with Crippen LogP contribution in [0.25, 0.3) is 0 Å². The predicted molar refractivity (Wildman–Crippen MR) is 141 cm³/mol. The van der Waals surface area contributed by atoms with Crippen molar-refractivity contribution in [3.63, 3.8) is 0 Å². The monoisotopic (exact) mass is 452 g/mol. The maximum atomic E-state index is 11.1. The largest absolute Gasteiger partial charge is 0.507 e. The molecule has 3 nitrogen and oxygen atoms in total. The standard InChI is InChI=1S/C28H41N2OP/c1-7-15-28(6,24-19-23(27(3,4)5)18-21(2)26(24)31)32-25-14-10-9-13-22(25)20-29-30-16-11-8-12-17-30/h9-10,13-14,18-20,31-32H,7-8,11-12,15-17H2,1-6H3/b29-20+. The van der Waals surface area contributed by atoms with Crippen molar-refractivity contribution in [2.45, 2.75) is 84.2 Å². The van der Waals surface area contributed by atoms with Crippen LogP contribution >= 0.6 is 8.58 Å². The highest BCUT2D eigenvalue weighted by atomic mass is 31.1. The topological polar surface area (TPSA) is 35.8 Å². The second kappa shape index (κ2) is 10.4. The number of aryl methyl sites for hydroxylation is 1. The third-order valence-electron chi connectivity index (χ3n) is 6.57. The lowest BCUT2D eigenvalue weighted by atomic mass is 9.82. The average Bonchev–Trinajstić information content (AvgIpc) is 2.75. The molecule has 1 N–H and O–H groups in total. The first-order valence-corrected chi connectivity index (χ1v) is 13.1. The van der Waals surface area contributed by atoms with Crippen LogP contribution in [0, 0.1) is 6.92 Å². The van der Waals surface area contributed by atoms with E-state index in [-0.39, 0.29) is 10.6 Å². The lowest BCUT2D eigenvalue weighted by molar-refractivity contribution is 0.240. The summed E-state index contributed by atoms with van der Waals surface area (Å²) in [7, 11) is 0.553. The van der Waals surface area contributed by atoms with Gasteiger partial charge in [0.2, 0.25) is 0 Å². The Morgan fingerprint density at radius 2 is 1.75 bits per heavy atom. The molecule has 3 rings (SSSR count). The lowest BCUT2D eigenvalue weighted by Gasteiger charge is -2.34. The molecule has 2 aromatic carbocycles. The molecule has 1 aliphatic rings. The first kappa shape index (κ1) is 24.8. The van der Waals surface area contributed by atoms with E-state index in [0.717, 1.165) is 37.1 Å². The van der Waals surface area contributed by atoms with Crippen molar-refractivity contribution in [3.8, 4) is 5.75 Å². The van der Waals surface area contributed by atoms with Crippen LogP contribution in [0.3, 0.4) is 0 Å². The summed E-state index contributed by atoms with van der Waals surface area (Å²) in [5.41, 5.74) is 4.59. The van der Waals surface area contributed by atoms with Crippen molar-refractivity contribution in [1.29, 1.82) is 0 Å². The molecule has 32 heavy (non-hydrogen) atoms. The number of piperidine rings is 1. The second-order valence-corrected chi connectivity index (χ2v) is 12.4. The summed E-state index contributed by atoms with van der Waals surface area (Å²) in [4.78, 5) is 0. The zero-order valence-corrected chi connectivity index (χ0v) is 21.8. The van der Waals surface area contributed by atoms with Gasteiger partial charge in [-0.25, -0.2) is 0 Å². The molecule has 2 aromatic rings. The van der Waals surface area contributed by atoms with Crippen molar-refractivity contribution >= 4 is 20.1 Å². The number of phenolic OH excluding ortho intramolecular Hbond substituents is 1. The smallest absolute Gasteiger partial charge is 0.122 e. The Kier molecular flexibility index (Phi) is 8.04. The van der Waals surface area contributed by atoms with Gasteiger partial charge in [-0.15, -0.1) is 0 Å². The molecule has 1 aliphatic heterocycles. The molecule has 4 heteroatoms. The molecular formula is C28H41N2OP. The van der Waals surface area contributed by atoms with E-state index in [4.69, 9.17) is 5.10 Å². The lowest BCUT2D eigenvalue weighted by Crippen LogP contribution is -2.25. The van der Waals surface area contributed by atoms with Gasteiger partial charge in [-0.05, 0) is 54.5 Å². The van der Waals surface area contributed by atoms with Crippen LogP contribution in [0.2, 0.25) is 0 Å². The van der Waals surface area contributed by atoms with E-state index in [1.165, 1.54) is 35.7 Å². The quantitative estimate of drug-likeness (QED) is 0.369. The van der Waals surface area contributed by atoms with Crippen molar-refractivity contribution in [2.24, 2.45) is 5.10 Å². The zero-order valence-electron chi connectivity index (χ0n) is 20.8. The Bertz CT molecular complexity index is 941. The molecule has 2 atom stereocenters. The third kappa shape index (κ3) is 5.93. The number of nitrogens with zero attached hydrogens (tertiary/aromatic N) is 2. The molecule has 0 bridgehead atoms. The zero-order chi connectivity index (χ0) is 23.4. The Hall–Kier alpha value is -1.86. The molecule has 0 radical (unpaired) electrons. The Balaban J connectivity index is 1.98. The highest BCUT2D eigenvalue weighted by Gasteiger charge is 2.32. The second-order valence-electron chi connectivity index (χ2n) is 10.5. The number of aromatic hydroxyl groups is 1. The third-order valence-corrected chi connectivity index (χ3v) is 8.37. The fourth-order valence-corrected chi connectivity index (χ4v) is 6.32. The van der Waals surface area contributed by atoms with E-state index in [9.17, 15) is 5.11 Å². The van der Waals surface area contributed by atoms with Crippen LogP contribution in [0.4, 0.5) is 0 Å². The van der Waals surface area contributed by atoms with E-state index >= 15 is 0 Å². The molecule has 1 heterocycles. The number of hydrogen-bond donors (Lipinski definition) is 1. The van der Waals surface area contributed by atoms with Gasteiger partial charge in [0.1, 0.15) is 5.75 Å². The number of phenols is 1. The van der Waals surface area contributed by atoms with Crippen LogP contribution < -0.4 is 5.30 Å². The highest BCUT2D eigenvalue weighted by molar-refractivity contribution is 7.48. The minimum atomic E-state index is -0.125. The summed E-state index contributed by atoms with van der Waals surface area (Å²) in [6.45, 7) is 15.4. The molecule has 0 saturated carbocycles. The van der Waals surface area contributed by atoms with Gasteiger partial charge in [0.15, 0.2) is 0 Å². The summed E-state index contributed by atoms with van der Waals surface area (Å²) in [6, 6.07) is 13.1. The molecule has 174 valence electrons. The van der Waals surface area contributed by atoms with Crippen LogP contribution in [0.5, 0.6) is 5.75 Å². The van der Waals surface area contributed by atoms with E-state index in [2.05, 4.69) is 82.2 Å². The highest BCUT2D eigenvalue weighted by Crippen LogP contribution is 2.49. The fraction of sp³-hybridized carbons (Fsp3) is 0.536. The van der Waals surface area contributed by atoms with Gasteiger partial charge in [0.05, 0.1) is 6.21 Å². The summed E-state index contributed by atoms with van der Waals surface area (Å²) in [6.07, 6.45) is 7.94. The van der Waals surface area contributed by atoms with E-state index in [1.54, 1.807) is 0 Å². The van der Waals surface area contributed by atoms with Crippen LogP contribution in [-0.4, -0.2) is 29.4 Å². The van der Waals surface area contributed by atoms with Gasteiger partial charge >= 0.3 is 0 Å². The Labute approximate surface area is 197 Å². The van der Waals surface area contributed by atoms with E-state index in [1.807, 2.05) is 6.92 Å². The average molecular weight is 453 g/mol. The van der Waals surface area contributed by atoms with Crippen LogP contribution in [0.1, 0.15) is 89.0 Å². The Morgan fingerprint density at radius 1 is 1.06 bits per heavy atom. The van der Waals surface area contributed by atoms with Gasteiger partial charge in [-0.3, -0.25) is 5.01 Å². The minimum Gasteiger partial charge on any atom is -0.507 e. The van der Waals surface area contributed by atoms with Crippen LogP contribution in [-0.2, 0) is 10.6 Å². The normalized spacial score (nSPS) is 17.4. The van der Waals surface area contributed by atoms with Gasteiger partial charge < -0.3 is 5.11 Å². The molecule has 1 saturated heterocycles. The molecule has 0 aliphatic carbocycles. The predicted octanol–water partition coefficient (Wildman–Crippen LogP) is 6.84. The summed E-state index contributed by atoms with van der Waals surface area (Å²) < 4.78 is 0. The molecule has 2 unspecified atom stereocenters. The molecule has 0 aromatic heterocycles. The van der Waals surface area contributed by atoms with Gasteiger partial charge in [0.25, 0.3) is 0 Å². The number of benzene rings is 2. The van der Waals surface area contributed by atoms with E-state index in [0.29, 0.717) is 14.3 Å². The van der Waals surface area contributed by atoms with Crippen molar-refractivity contribution in [1.82, 2.24) is 5.01 Å². The number of rotatable bonds is 7. The first-order valence-electron chi connectivity index (χ1n) is 12.1. The maximum absolute atomic E-state index is 11.1. The van der Waals surface area contributed by atoms with Gasteiger partial charge in [-0.2, -0.15) is 5.10 Å². The SMILES string of the molecule is CCCC(C)(Pc1ccccc1/C=N/N1CCCCC1)c1cc(C(C)(C)C)cc(C)c1O. The first-order chi connectivity index (χ1) is 15.1. The minimum absolute atomic E-state index is 0.0441. The molecule has 0 spiro atoms. The van der Waals surface area contributed by atoms with Gasteiger partial charge in [-0.1, -0.05) is 86.0 Å². The Morgan fingerprint density at radius 3 is 2.41 bits per heavy atom. The van der Waals surface area contributed by atoms with Gasteiger partial charge in [0, 0.05) is 29.4 Å². The maximum Gasteiger partial charge on any atom is 0.122 e. The van der Waals surface area contributed by atoms with Crippen LogP contribution in [0.15, 0.2) is 41.5 Å². The fourth-order valence-electron chi connectivity index (χ4n) is 4.55. The number of hydrazone groups is 1. The van der Waals surface area contributed by atoms with Crippen molar-refractivity contribution < 1.29 is 5.11 Å². The molecular weight excluding hydrogens is 411 g/mol.